The Morgan fingerprint density at radius 3 is 2.58 bits per heavy atom. The van der Waals surface area contributed by atoms with Gasteiger partial charge >= 0.3 is 5.69 Å². The number of halogens is 1. The molecule has 2 aromatic heterocycles. The molecule has 198 valence electrons. The van der Waals surface area contributed by atoms with Crippen molar-refractivity contribution < 1.29 is 4.79 Å². The summed E-state index contributed by atoms with van der Waals surface area (Å²) in [6.07, 6.45) is 3.81. The number of hydrogen-bond acceptors (Lipinski definition) is 4. The van der Waals surface area contributed by atoms with Crippen LogP contribution in [0.5, 0.6) is 0 Å². The predicted molar refractivity (Wildman–Crippen MR) is 152 cm³/mol. The van der Waals surface area contributed by atoms with E-state index >= 15 is 0 Å². The molecule has 2 aromatic carbocycles. The smallest absolute Gasteiger partial charge is 0.326 e. The summed E-state index contributed by atoms with van der Waals surface area (Å²) in [6, 6.07) is 16.5. The van der Waals surface area contributed by atoms with E-state index in [1.807, 2.05) is 45.9 Å². The number of benzene rings is 2. The van der Waals surface area contributed by atoms with E-state index in [2.05, 4.69) is 42.6 Å². The van der Waals surface area contributed by atoms with Gasteiger partial charge in [0.25, 0.3) is 0 Å². The van der Waals surface area contributed by atoms with E-state index in [1.54, 1.807) is 6.92 Å². The summed E-state index contributed by atoms with van der Waals surface area (Å²) in [7, 11) is 0. The molecule has 0 unspecified atom stereocenters. The number of para-hydroxylation sites is 2. The van der Waals surface area contributed by atoms with Gasteiger partial charge in [-0.1, -0.05) is 40.2 Å². The number of hydrogen-bond donors (Lipinski definition) is 1. The molecule has 1 saturated heterocycles. The van der Waals surface area contributed by atoms with Gasteiger partial charge in [0.05, 0.1) is 16.7 Å². The van der Waals surface area contributed by atoms with Crippen LogP contribution in [0.1, 0.15) is 43.5 Å². The van der Waals surface area contributed by atoms with Crippen LogP contribution in [0.3, 0.4) is 0 Å². The molecular weight excluding hydrogens is 544 g/mol. The Hall–Kier alpha value is -3.17. The lowest BCUT2D eigenvalue weighted by atomic mass is 10.0. The molecular formula is C29H33BrN6O2. The Morgan fingerprint density at radius 2 is 1.82 bits per heavy atom. The van der Waals surface area contributed by atoms with Crippen molar-refractivity contribution in [1.82, 2.24) is 29.1 Å². The van der Waals surface area contributed by atoms with Crippen LogP contribution in [-0.4, -0.2) is 61.2 Å². The van der Waals surface area contributed by atoms with Crippen molar-refractivity contribution >= 4 is 32.9 Å². The van der Waals surface area contributed by atoms with E-state index in [0.29, 0.717) is 6.54 Å². The highest BCUT2D eigenvalue weighted by Gasteiger charge is 2.27. The maximum absolute atomic E-state index is 12.6. The molecule has 38 heavy (non-hydrogen) atoms. The molecule has 4 heterocycles. The van der Waals surface area contributed by atoms with E-state index < -0.39 is 0 Å². The number of carbonyl (C=O) groups is 1. The molecule has 0 aliphatic carbocycles. The number of amides is 1. The number of rotatable bonds is 6. The Morgan fingerprint density at radius 1 is 1.05 bits per heavy atom. The highest BCUT2D eigenvalue weighted by Crippen LogP contribution is 2.31. The number of piperidine rings is 1. The van der Waals surface area contributed by atoms with Gasteiger partial charge in [-0.15, -0.1) is 0 Å². The Bertz CT molecular complexity index is 1510. The molecule has 4 aromatic rings. The highest BCUT2D eigenvalue weighted by molar-refractivity contribution is 9.10. The molecule has 0 bridgehead atoms. The molecule has 2 aliphatic heterocycles. The maximum Gasteiger partial charge on any atom is 0.326 e. The Labute approximate surface area is 230 Å². The quantitative estimate of drug-likeness (QED) is 0.364. The van der Waals surface area contributed by atoms with E-state index in [0.717, 1.165) is 85.2 Å². The van der Waals surface area contributed by atoms with Crippen molar-refractivity contribution in [1.29, 1.82) is 0 Å². The van der Waals surface area contributed by atoms with Gasteiger partial charge < -0.3 is 14.8 Å². The fourth-order valence-corrected chi connectivity index (χ4v) is 6.33. The third-order valence-corrected chi connectivity index (χ3v) is 8.62. The van der Waals surface area contributed by atoms with Crippen molar-refractivity contribution in [3.8, 4) is 11.3 Å². The average Bonchev–Trinajstić information content (AvgIpc) is 3.46. The van der Waals surface area contributed by atoms with Crippen molar-refractivity contribution in [2.24, 2.45) is 0 Å². The first-order valence-corrected chi connectivity index (χ1v) is 14.3. The lowest BCUT2D eigenvalue weighted by molar-refractivity contribution is -0.129. The van der Waals surface area contributed by atoms with Crippen LogP contribution in [0.15, 0.2) is 57.8 Å². The molecule has 0 saturated carbocycles. The third kappa shape index (κ3) is 4.85. The van der Waals surface area contributed by atoms with Gasteiger partial charge in [0.2, 0.25) is 5.91 Å². The fourth-order valence-electron chi connectivity index (χ4n) is 6.07. The molecule has 2 aliphatic rings. The number of H-pyrrole nitrogens is 1. The first-order valence-electron chi connectivity index (χ1n) is 13.5. The van der Waals surface area contributed by atoms with E-state index in [9.17, 15) is 9.59 Å². The van der Waals surface area contributed by atoms with Crippen LogP contribution in [0.4, 0.5) is 0 Å². The van der Waals surface area contributed by atoms with E-state index in [-0.39, 0.29) is 17.6 Å². The van der Waals surface area contributed by atoms with Gasteiger partial charge in [0.1, 0.15) is 0 Å². The van der Waals surface area contributed by atoms with Gasteiger partial charge in [0, 0.05) is 73.4 Å². The first-order chi connectivity index (χ1) is 18.5. The molecule has 6 rings (SSSR count). The van der Waals surface area contributed by atoms with Crippen LogP contribution in [0, 0.1) is 0 Å². The second-order valence-electron chi connectivity index (χ2n) is 10.4. The number of aromatic nitrogens is 4. The number of nitrogens with one attached hydrogen (secondary N) is 1. The molecule has 0 radical (unpaired) electrons. The number of fused-ring (bicyclic) bond motifs is 2. The summed E-state index contributed by atoms with van der Waals surface area (Å²) >= 11 is 3.53. The molecule has 1 N–H and O–H groups in total. The number of aryl methyl sites for hydroxylation is 1. The fraction of sp³-hybridized carbons (Fsp3) is 0.414. The van der Waals surface area contributed by atoms with E-state index in [1.165, 1.54) is 11.3 Å². The van der Waals surface area contributed by atoms with Gasteiger partial charge in [-0.25, -0.2) is 4.79 Å². The zero-order valence-corrected chi connectivity index (χ0v) is 23.3. The topological polar surface area (TPSA) is 79.2 Å². The summed E-state index contributed by atoms with van der Waals surface area (Å²) < 4.78 is 5.18. The summed E-state index contributed by atoms with van der Waals surface area (Å²) in [5, 5.41) is 5.06. The maximum atomic E-state index is 12.6. The molecule has 8 nitrogen and oxygen atoms in total. The average molecular weight is 578 g/mol. The predicted octanol–water partition coefficient (Wildman–Crippen LogP) is 4.59. The van der Waals surface area contributed by atoms with Crippen molar-refractivity contribution in [2.45, 2.75) is 51.7 Å². The number of likely N-dealkylation sites (tertiary alicyclic amines) is 1. The van der Waals surface area contributed by atoms with Crippen LogP contribution in [-0.2, 0) is 24.3 Å². The van der Waals surface area contributed by atoms with Crippen LogP contribution >= 0.6 is 15.9 Å². The minimum atomic E-state index is -0.00183. The Balaban J connectivity index is 1.11. The van der Waals surface area contributed by atoms with Crippen molar-refractivity contribution in [2.75, 3.05) is 26.2 Å². The zero-order chi connectivity index (χ0) is 26.2. The lowest BCUT2D eigenvalue weighted by Gasteiger charge is -2.32. The molecule has 0 spiro atoms. The highest BCUT2D eigenvalue weighted by atomic mass is 79.9. The molecule has 9 heteroatoms. The summed E-state index contributed by atoms with van der Waals surface area (Å²) in [5.41, 5.74) is 6.43. The number of carbonyl (C=O) groups excluding carboxylic acids is 1. The monoisotopic (exact) mass is 576 g/mol. The second kappa shape index (κ2) is 10.5. The summed E-state index contributed by atoms with van der Waals surface area (Å²) in [6.45, 7) is 6.87. The number of imidazole rings is 1. The number of nitrogens with zero attached hydrogens (tertiary/aromatic N) is 5. The molecule has 0 atom stereocenters. The third-order valence-electron chi connectivity index (χ3n) is 8.09. The van der Waals surface area contributed by atoms with Gasteiger partial charge in [-0.3, -0.25) is 14.0 Å². The van der Waals surface area contributed by atoms with Crippen LogP contribution in [0.25, 0.3) is 22.3 Å². The normalized spacial score (nSPS) is 16.7. The summed E-state index contributed by atoms with van der Waals surface area (Å²) in [5.74, 6) is 0.114. The first kappa shape index (κ1) is 25.1. The largest absolute Gasteiger partial charge is 0.338 e. The van der Waals surface area contributed by atoms with Gasteiger partial charge in [0.15, 0.2) is 0 Å². The van der Waals surface area contributed by atoms with Crippen LogP contribution < -0.4 is 5.69 Å². The minimum absolute atomic E-state index is 0.00183. The van der Waals surface area contributed by atoms with Gasteiger partial charge in [-0.05, 0) is 50.1 Å². The van der Waals surface area contributed by atoms with Crippen molar-refractivity contribution in [3.05, 3.63) is 74.7 Å². The second-order valence-corrected chi connectivity index (χ2v) is 11.4. The molecule has 1 amide bonds. The van der Waals surface area contributed by atoms with Crippen molar-refractivity contribution in [3.63, 3.8) is 0 Å². The zero-order valence-electron chi connectivity index (χ0n) is 21.7. The Kier molecular flexibility index (Phi) is 6.97. The summed E-state index contributed by atoms with van der Waals surface area (Å²) in [4.78, 5) is 32.1. The SMILES string of the molecule is CC(=O)N1CCc2c(c(-c3ccc(Br)cc3)nn2CCCN2CCC(n3c(=O)[nH]c4ccccc43)CC2)C1. The van der Waals surface area contributed by atoms with E-state index in [4.69, 9.17) is 5.10 Å². The van der Waals surface area contributed by atoms with Gasteiger partial charge in [-0.2, -0.15) is 5.10 Å². The van der Waals surface area contributed by atoms with Crippen LogP contribution in [0.2, 0.25) is 0 Å². The standard InChI is InChI=1S/C29H33BrN6O2/c1-20(37)34-18-13-26-24(19-34)28(21-7-9-22(30)10-8-21)32-35(26)15-4-14-33-16-11-23(12-17-33)36-27-6-3-2-5-25(27)31-29(36)38/h2-3,5-10,23H,4,11-19H2,1H3,(H,31,38). The minimum Gasteiger partial charge on any atom is -0.338 e. The lowest BCUT2D eigenvalue weighted by Crippen LogP contribution is -2.37. The molecule has 1 fully saturated rings. The number of aromatic amines is 1.